The van der Waals surface area contributed by atoms with Crippen LogP contribution in [0.3, 0.4) is 0 Å². The van der Waals surface area contributed by atoms with E-state index in [2.05, 4.69) is 25.7 Å². The number of rotatable bonds is 6. The summed E-state index contributed by atoms with van der Waals surface area (Å²) in [6, 6.07) is 8.91. The molecule has 0 aliphatic heterocycles. The summed E-state index contributed by atoms with van der Waals surface area (Å²) in [7, 11) is 0. The molecule has 0 atom stereocenters. The van der Waals surface area contributed by atoms with Crippen LogP contribution in [-0.2, 0) is 5.75 Å². The topological polar surface area (TPSA) is 107 Å². The summed E-state index contributed by atoms with van der Waals surface area (Å²) in [5.41, 5.74) is 0.476. The van der Waals surface area contributed by atoms with Crippen molar-refractivity contribution in [3.05, 3.63) is 58.5 Å². The van der Waals surface area contributed by atoms with Gasteiger partial charge in [0.05, 0.1) is 12.0 Å². The molecule has 0 spiro atoms. The van der Waals surface area contributed by atoms with Gasteiger partial charge < -0.3 is 14.2 Å². The molecule has 3 heterocycles. The van der Waals surface area contributed by atoms with Crippen molar-refractivity contribution in [2.45, 2.75) is 11.0 Å². The molecule has 27 heavy (non-hydrogen) atoms. The normalized spacial score (nSPS) is 10.9. The molecule has 4 rings (SSSR count). The molecular weight excluding hydrogens is 393 g/mol. The van der Waals surface area contributed by atoms with Crippen LogP contribution in [0.15, 0.2) is 56.7 Å². The van der Waals surface area contributed by atoms with E-state index < -0.39 is 5.91 Å². The van der Waals surface area contributed by atoms with Crippen molar-refractivity contribution in [3.8, 4) is 11.7 Å². The van der Waals surface area contributed by atoms with E-state index in [4.69, 9.17) is 8.83 Å². The Hall–Kier alpha value is -3.05. The highest BCUT2D eigenvalue weighted by Gasteiger charge is 2.15. The zero-order valence-corrected chi connectivity index (χ0v) is 15.1. The summed E-state index contributed by atoms with van der Waals surface area (Å²) in [4.78, 5) is 12.2. The van der Waals surface area contributed by atoms with Crippen LogP contribution in [-0.4, -0.2) is 26.3 Å². The van der Waals surface area contributed by atoms with E-state index in [0.717, 1.165) is 11.3 Å². The van der Waals surface area contributed by atoms with Crippen LogP contribution in [0.25, 0.3) is 11.7 Å². The standard InChI is InChI=1S/C16H10FN5O3S2/c17-9-3-5-10(6-4-9)18-13(23)15-21-19-12(27-15)8-26-16-22-20-14(25-16)11-2-1-7-24-11/h1-7H,8H2,(H,18,23). The van der Waals surface area contributed by atoms with Crippen LogP contribution in [0.1, 0.15) is 14.8 Å². The minimum absolute atomic E-state index is 0.205. The van der Waals surface area contributed by atoms with Crippen LogP contribution in [0.2, 0.25) is 0 Å². The van der Waals surface area contributed by atoms with E-state index in [-0.39, 0.29) is 10.8 Å². The third kappa shape index (κ3) is 4.20. The van der Waals surface area contributed by atoms with Crippen LogP contribution in [0.5, 0.6) is 0 Å². The van der Waals surface area contributed by atoms with Crippen molar-refractivity contribution in [1.82, 2.24) is 20.4 Å². The lowest BCUT2D eigenvalue weighted by atomic mass is 10.3. The number of carbonyl (C=O) groups excluding carboxylic acids is 1. The minimum Gasteiger partial charge on any atom is -0.459 e. The van der Waals surface area contributed by atoms with Gasteiger partial charge in [0.25, 0.3) is 17.0 Å². The Morgan fingerprint density at radius 3 is 2.78 bits per heavy atom. The van der Waals surface area contributed by atoms with Gasteiger partial charge in [-0.1, -0.05) is 23.1 Å². The predicted molar refractivity (Wildman–Crippen MR) is 95.8 cm³/mol. The zero-order valence-electron chi connectivity index (χ0n) is 13.5. The molecule has 0 saturated heterocycles. The molecule has 0 bridgehead atoms. The Labute approximate surface area is 159 Å². The van der Waals surface area contributed by atoms with Crippen molar-refractivity contribution < 1.29 is 18.0 Å². The van der Waals surface area contributed by atoms with Gasteiger partial charge in [0.1, 0.15) is 10.8 Å². The zero-order chi connectivity index (χ0) is 18.6. The third-order valence-corrected chi connectivity index (χ3v) is 5.16. The van der Waals surface area contributed by atoms with Gasteiger partial charge in [-0.3, -0.25) is 4.79 Å². The first-order valence-corrected chi connectivity index (χ1v) is 9.37. The second kappa shape index (κ2) is 7.68. The number of carbonyl (C=O) groups is 1. The number of halogens is 1. The van der Waals surface area contributed by atoms with E-state index in [0.29, 0.717) is 33.3 Å². The Morgan fingerprint density at radius 2 is 2.00 bits per heavy atom. The van der Waals surface area contributed by atoms with Crippen LogP contribution in [0, 0.1) is 5.82 Å². The second-order valence-corrected chi connectivity index (χ2v) is 7.09. The number of nitrogens with zero attached hydrogens (tertiary/aromatic N) is 4. The summed E-state index contributed by atoms with van der Waals surface area (Å²) in [5.74, 6) is 0.415. The van der Waals surface area contributed by atoms with E-state index in [1.54, 1.807) is 12.1 Å². The molecule has 0 aliphatic rings. The summed E-state index contributed by atoms with van der Waals surface area (Å²) >= 11 is 2.42. The molecule has 4 aromatic rings. The predicted octanol–water partition coefficient (Wildman–Crippen LogP) is 3.86. The number of benzene rings is 1. The van der Waals surface area contributed by atoms with Crippen molar-refractivity contribution in [1.29, 1.82) is 0 Å². The maximum Gasteiger partial charge on any atom is 0.286 e. The van der Waals surface area contributed by atoms with Gasteiger partial charge in [0.15, 0.2) is 5.76 Å². The van der Waals surface area contributed by atoms with Gasteiger partial charge in [0.2, 0.25) is 5.01 Å². The molecule has 0 saturated carbocycles. The molecule has 11 heteroatoms. The van der Waals surface area contributed by atoms with Crippen molar-refractivity contribution >= 4 is 34.7 Å². The average molecular weight is 403 g/mol. The first-order valence-electron chi connectivity index (χ1n) is 7.57. The molecule has 1 N–H and O–H groups in total. The van der Waals surface area contributed by atoms with E-state index in [1.807, 2.05) is 0 Å². The fourth-order valence-corrected chi connectivity index (χ4v) is 3.50. The summed E-state index contributed by atoms with van der Waals surface area (Å²) in [6.07, 6.45) is 1.52. The molecule has 0 unspecified atom stereocenters. The van der Waals surface area contributed by atoms with E-state index >= 15 is 0 Å². The van der Waals surface area contributed by atoms with Gasteiger partial charge in [-0.25, -0.2) is 4.39 Å². The molecule has 0 aliphatic carbocycles. The molecule has 0 fully saturated rings. The lowest BCUT2D eigenvalue weighted by Gasteiger charge is -2.01. The fraction of sp³-hybridized carbons (Fsp3) is 0.0625. The molecule has 8 nitrogen and oxygen atoms in total. The lowest BCUT2D eigenvalue weighted by Crippen LogP contribution is -2.11. The number of anilines is 1. The SMILES string of the molecule is O=C(Nc1ccc(F)cc1)c1nnc(CSc2nnc(-c3ccco3)o2)s1. The Kier molecular flexibility index (Phi) is 4.94. The number of furan rings is 1. The number of aromatic nitrogens is 4. The minimum atomic E-state index is -0.409. The number of amides is 1. The first-order chi connectivity index (χ1) is 13.2. The highest BCUT2D eigenvalue weighted by molar-refractivity contribution is 7.98. The van der Waals surface area contributed by atoms with Crippen molar-refractivity contribution in [2.24, 2.45) is 0 Å². The third-order valence-electron chi connectivity index (χ3n) is 3.22. The van der Waals surface area contributed by atoms with Gasteiger partial charge in [-0.05, 0) is 36.4 Å². The molecule has 1 aromatic carbocycles. The fourth-order valence-electron chi connectivity index (χ4n) is 2.01. The quantitative estimate of drug-likeness (QED) is 0.484. The molecule has 3 aromatic heterocycles. The first kappa shape index (κ1) is 17.4. The maximum atomic E-state index is 12.9. The Balaban J connectivity index is 1.35. The summed E-state index contributed by atoms with van der Waals surface area (Å²) < 4.78 is 23.6. The van der Waals surface area contributed by atoms with Crippen LogP contribution in [0.4, 0.5) is 10.1 Å². The maximum absolute atomic E-state index is 12.9. The average Bonchev–Trinajstić information content (AvgIpc) is 3.42. The van der Waals surface area contributed by atoms with Gasteiger partial charge in [-0.15, -0.1) is 20.4 Å². The van der Waals surface area contributed by atoms with E-state index in [1.165, 1.54) is 42.3 Å². The Morgan fingerprint density at radius 1 is 1.15 bits per heavy atom. The largest absolute Gasteiger partial charge is 0.459 e. The summed E-state index contributed by atoms with van der Waals surface area (Å²) in [6.45, 7) is 0. The van der Waals surface area contributed by atoms with Crippen molar-refractivity contribution in [3.63, 3.8) is 0 Å². The second-order valence-electron chi connectivity index (χ2n) is 5.10. The highest BCUT2D eigenvalue weighted by atomic mass is 32.2. The smallest absolute Gasteiger partial charge is 0.286 e. The Bertz CT molecular complexity index is 1050. The summed E-state index contributed by atoms with van der Waals surface area (Å²) in [5, 5.41) is 19.5. The number of hydrogen-bond acceptors (Lipinski definition) is 9. The highest BCUT2D eigenvalue weighted by Crippen LogP contribution is 2.27. The van der Waals surface area contributed by atoms with Crippen molar-refractivity contribution in [2.75, 3.05) is 5.32 Å². The van der Waals surface area contributed by atoms with Gasteiger partial charge in [0, 0.05) is 5.69 Å². The monoisotopic (exact) mass is 403 g/mol. The number of thioether (sulfide) groups is 1. The van der Waals surface area contributed by atoms with Gasteiger partial charge in [-0.2, -0.15) is 0 Å². The molecular formula is C16H10FN5O3S2. The lowest BCUT2D eigenvalue weighted by molar-refractivity contribution is 0.102. The van der Waals surface area contributed by atoms with E-state index in [9.17, 15) is 9.18 Å². The number of hydrogen-bond donors (Lipinski definition) is 1. The molecule has 0 radical (unpaired) electrons. The number of nitrogens with one attached hydrogen (secondary N) is 1. The molecule has 1 amide bonds. The molecule has 136 valence electrons. The van der Waals surface area contributed by atoms with Gasteiger partial charge >= 0.3 is 0 Å². The van der Waals surface area contributed by atoms with Crippen LogP contribution >= 0.6 is 23.1 Å². The van der Waals surface area contributed by atoms with Crippen LogP contribution < -0.4 is 5.32 Å².